The Balaban J connectivity index is 1.20. The first-order chi connectivity index (χ1) is 26.6. The van der Waals surface area contributed by atoms with E-state index in [4.69, 9.17) is 47.4 Å². The van der Waals surface area contributed by atoms with Gasteiger partial charge in [0.05, 0.1) is 61.4 Å². The van der Waals surface area contributed by atoms with E-state index in [1.165, 1.54) is 6.92 Å². The Hall–Kier alpha value is -2.70. The smallest absolute Gasteiger partial charge is 0.303 e. The van der Waals surface area contributed by atoms with E-state index >= 15 is 0 Å². The molecule has 0 amide bonds. The first kappa shape index (κ1) is 41.9. The zero-order valence-corrected chi connectivity index (χ0v) is 34.1. The average Bonchev–Trinajstić information content (AvgIpc) is 3.17. The molecule has 1 N–H and O–H groups in total. The van der Waals surface area contributed by atoms with Crippen molar-refractivity contribution in [2.24, 2.45) is 0 Å². The normalized spacial score (nSPS) is 33.8. The van der Waals surface area contributed by atoms with Crippen LogP contribution in [0.5, 0.6) is 5.75 Å². The van der Waals surface area contributed by atoms with Crippen LogP contribution in [0.4, 0.5) is 0 Å². The molecule has 12 nitrogen and oxygen atoms in total. The van der Waals surface area contributed by atoms with Crippen LogP contribution in [0.25, 0.3) is 0 Å². The van der Waals surface area contributed by atoms with Gasteiger partial charge in [-0.25, -0.2) is 0 Å². The fourth-order valence-electron chi connectivity index (χ4n) is 7.28. The minimum atomic E-state index is -1.01. The minimum Gasteiger partial charge on any atom is -0.497 e. The number of hydrogen-bond donors (Lipinski definition) is 1. The molecule has 0 aromatic heterocycles. The molecule has 13 heteroatoms. The Morgan fingerprint density at radius 1 is 0.673 bits per heavy atom. The largest absolute Gasteiger partial charge is 0.497 e. The van der Waals surface area contributed by atoms with Crippen molar-refractivity contribution in [3.8, 4) is 5.75 Å². The lowest BCUT2D eigenvalue weighted by Crippen LogP contribution is -2.60. The predicted molar refractivity (Wildman–Crippen MR) is 209 cm³/mol. The van der Waals surface area contributed by atoms with Crippen molar-refractivity contribution in [3.63, 3.8) is 0 Å². The second-order valence-electron chi connectivity index (χ2n) is 14.3. The predicted octanol–water partition coefficient (Wildman–Crippen LogP) is 6.26. The summed E-state index contributed by atoms with van der Waals surface area (Å²) in [6.07, 6.45) is -6.64. The van der Waals surface area contributed by atoms with Gasteiger partial charge in [-0.1, -0.05) is 95.4 Å². The van der Waals surface area contributed by atoms with E-state index in [0.717, 1.165) is 22.4 Å². The second-order valence-corrected chi connectivity index (χ2v) is 15.7. The SMILES string of the molecule is COc1ccc(CO[C@H]2[C@H](C)O[C@@H](O[C@@H]3C[C@H](O)O[C@@H](C)[C@@H]3OCc3ccccc3)C[C@H]2O[C@@H]2O[C@@H](C)[C@H](OC(C)=O)[C@H](OCc3ccccc3)[C@H]2I)cc1. The molecular weight excluding hydrogens is 823 g/mol. The Morgan fingerprint density at radius 2 is 1.18 bits per heavy atom. The summed E-state index contributed by atoms with van der Waals surface area (Å²) >= 11 is 2.27. The molecule has 3 heterocycles. The Morgan fingerprint density at radius 3 is 1.75 bits per heavy atom. The Bertz CT molecular complexity index is 1600. The fraction of sp³-hybridized carbons (Fsp3) is 0.548. The molecule has 0 unspecified atom stereocenters. The van der Waals surface area contributed by atoms with Gasteiger partial charge in [-0.15, -0.1) is 0 Å². The molecule has 6 rings (SSSR count). The van der Waals surface area contributed by atoms with Crippen molar-refractivity contribution in [2.45, 2.75) is 138 Å². The molecule has 55 heavy (non-hydrogen) atoms. The van der Waals surface area contributed by atoms with Gasteiger partial charge in [0, 0.05) is 19.8 Å². The van der Waals surface area contributed by atoms with Crippen LogP contribution >= 0.6 is 22.6 Å². The summed E-state index contributed by atoms with van der Waals surface area (Å²) in [4.78, 5) is 12.2. The number of benzene rings is 3. The zero-order valence-electron chi connectivity index (χ0n) is 31.9. The van der Waals surface area contributed by atoms with Crippen LogP contribution in [0.2, 0.25) is 0 Å². The number of ether oxygens (including phenoxy) is 10. The summed E-state index contributed by atoms with van der Waals surface area (Å²) in [5.41, 5.74) is 2.97. The molecule has 3 saturated heterocycles. The Kier molecular flexibility index (Phi) is 15.3. The number of aliphatic hydroxyl groups excluding tert-OH is 1. The highest BCUT2D eigenvalue weighted by Crippen LogP contribution is 2.37. The van der Waals surface area contributed by atoms with Gasteiger partial charge >= 0.3 is 5.97 Å². The monoisotopic (exact) mass is 876 g/mol. The van der Waals surface area contributed by atoms with Gasteiger partial charge in [-0.3, -0.25) is 4.79 Å². The van der Waals surface area contributed by atoms with E-state index in [0.29, 0.717) is 26.2 Å². The highest BCUT2D eigenvalue weighted by molar-refractivity contribution is 14.1. The van der Waals surface area contributed by atoms with Crippen LogP contribution in [0, 0.1) is 0 Å². The second kappa shape index (κ2) is 20.1. The number of alkyl halides is 1. The summed E-state index contributed by atoms with van der Waals surface area (Å²) in [5, 5.41) is 10.6. The van der Waals surface area contributed by atoms with Crippen LogP contribution in [-0.2, 0) is 67.2 Å². The number of carbonyl (C=O) groups excluding carboxylic acids is 1. The summed E-state index contributed by atoms with van der Waals surface area (Å²) in [5.74, 6) is 0.339. The lowest BCUT2D eigenvalue weighted by atomic mass is 9.99. The molecule has 0 bridgehead atoms. The lowest BCUT2D eigenvalue weighted by molar-refractivity contribution is -0.332. The van der Waals surface area contributed by atoms with Crippen molar-refractivity contribution in [1.82, 2.24) is 0 Å². The topological polar surface area (TPSA) is 130 Å². The fourth-order valence-corrected chi connectivity index (χ4v) is 8.24. The van der Waals surface area contributed by atoms with E-state index in [2.05, 4.69) is 22.6 Å². The third-order valence-electron chi connectivity index (χ3n) is 10.1. The van der Waals surface area contributed by atoms with Crippen molar-refractivity contribution in [3.05, 3.63) is 102 Å². The van der Waals surface area contributed by atoms with Gasteiger partial charge in [0.25, 0.3) is 0 Å². The first-order valence-electron chi connectivity index (χ1n) is 18.9. The van der Waals surface area contributed by atoms with E-state index in [1.807, 2.05) is 106 Å². The maximum Gasteiger partial charge on any atom is 0.303 e. The highest BCUT2D eigenvalue weighted by Gasteiger charge is 2.50. The molecule has 0 radical (unpaired) electrons. The van der Waals surface area contributed by atoms with Gasteiger partial charge in [-0.05, 0) is 49.6 Å². The van der Waals surface area contributed by atoms with Crippen molar-refractivity contribution in [1.29, 1.82) is 0 Å². The zero-order chi connectivity index (χ0) is 38.9. The van der Waals surface area contributed by atoms with Gasteiger partial charge in [0.2, 0.25) is 0 Å². The summed E-state index contributed by atoms with van der Waals surface area (Å²) in [7, 11) is 1.63. The molecular formula is C42H53IO12. The molecule has 3 aromatic rings. The van der Waals surface area contributed by atoms with Gasteiger partial charge < -0.3 is 52.5 Å². The van der Waals surface area contributed by atoms with Crippen LogP contribution in [0.1, 0.15) is 57.2 Å². The summed E-state index contributed by atoms with van der Waals surface area (Å²) < 4.78 is 62.4. The van der Waals surface area contributed by atoms with E-state index < -0.39 is 79.8 Å². The quantitative estimate of drug-likeness (QED) is 0.105. The first-order valence-corrected chi connectivity index (χ1v) is 20.1. The molecule has 300 valence electrons. The van der Waals surface area contributed by atoms with Crippen molar-refractivity contribution < 1.29 is 57.3 Å². The summed E-state index contributed by atoms with van der Waals surface area (Å²) in [6, 6.07) is 27.4. The molecule has 0 aliphatic carbocycles. The minimum absolute atomic E-state index is 0.206. The molecule has 3 aliphatic heterocycles. The van der Waals surface area contributed by atoms with Crippen LogP contribution in [0.3, 0.4) is 0 Å². The molecule has 13 atom stereocenters. The van der Waals surface area contributed by atoms with Crippen LogP contribution < -0.4 is 4.74 Å². The number of halogens is 1. The van der Waals surface area contributed by atoms with Gasteiger partial charge in [-0.2, -0.15) is 0 Å². The Labute approximate surface area is 337 Å². The number of hydrogen-bond acceptors (Lipinski definition) is 12. The summed E-state index contributed by atoms with van der Waals surface area (Å²) in [6.45, 7) is 8.03. The molecule has 3 aliphatic rings. The van der Waals surface area contributed by atoms with E-state index in [-0.39, 0.29) is 10.3 Å². The maximum atomic E-state index is 12.2. The lowest BCUT2D eigenvalue weighted by Gasteiger charge is -2.47. The van der Waals surface area contributed by atoms with Crippen LogP contribution in [0.15, 0.2) is 84.9 Å². The number of rotatable bonds is 15. The number of aliphatic hydroxyl groups is 1. The molecule has 0 saturated carbocycles. The molecule has 3 fully saturated rings. The number of esters is 1. The standard InChI is InChI=1S/C42H53IO12/c1-25-38(47-22-29-12-8-6-9-13-29)33(20-35(45)50-25)54-36-21-34(39(26(2)51-36)48-24-31-16-18-32(46-5)19-17-31)55-42-37(43)41(40(27(3)52-42)53-28(4)44)49-23-30-14-10-7-11-15-30/h6-19,25-27,33-42,45H,20-24H2,1-5H3/t25-,26-,27-,33+,34+,35+,36-,37+,38-,39-,40-,41+,42-/m0/s1. The molecule has 0 spiro atoms. The van der Waals surface area contributed by atoms with Crippen molar-refractivity contribution in [2.75, 3.05) is 7.11 Å². The third kappa shape index (κ3) is 11.5. The van der Waals surface area contributed by atoms with E-state index in [9.17, 15) is 9.90 Å². The number of carbonyl (C=O) groups is 1. The average molecular weight is 877 g/mol. The van der Waals surface area contributed by atoms with Crippen LogP contribution in [-0.4, -0.2) is 95.9 Å². The van der Waals surface area contributed by atoms with Gasteiger partial charge in [0.1, 0.15) is 24.1 Å². The molecule has 3 aromatic carbocycles. The third-order valence-corrected chi connectivity index (χ3v) is 11.4. The van der Waals surface area contributed by atoms with E-state index in [1.54, 1.807) is 7.11 Å². The maximum absolute atomic E-state index is 12.2. The van der Waals surface area contributed by atoms with Crippen molar-refractivity contribution >= 4 is 28.6 Å². The number of methoxy groups -OCH3 is 1. The van der Waals surface area contributed by atoms with Gasteiger partial charge in [0.15, 0.2) is 25.0 Å². The highest BCUT2D eigenvalue weighted by atomic mass is 127.